The maximum Gasteiger partial charge on any atom is 0.330 e. The largest absolute Gasteiger partial charge is 0.463 e. The van der Waals surface area contributed by atoms with Gasteiger partial charge in [0.1, 0.15) is 0 Å². The van der Waals surface area contributed by atoms with E-state index in [4.69, 9.17) is 10.6 Å². The summed E-state index contributed by atoms with van der Waals surface area (Å²) in [6.45, 7) is 6.27. The van der Waals surface area contributed by atoms with E-state index in [-0.39, 0.29) is 0 Å². The van der Waals surface area contributed by atoms with Crippen molar-refractivity contribution in [3.05, 3.63) is 22.8 Å². The van der Waals surface area contributed by atoms with Crippen LogP contribution < -0.4 is 16.8 Å². The molecular weight excluding hydrogens is 238 g/mol. The third-order valence-corrected chi connectivity index (χ3v) is 2.22. The van der Waals surface area contributed by atoms with E-state index >= 15 is 0 Å². The molecule has 0 saturated carbocycles. The van der Waals surface area contributed by atoms with Gasteiger partial charge in [-0.25, -0.2) is 4.79 Å². The van der Waals surface area contributed by atoms with Gasteiger partial charge in [-0.1, -0.05) is 13.8 Å². The van der Waals surface area contributed by atoms with Gasteiger partial charge >= 0.3 is 5.97 Å². The van der Waals surface area contributed by atoms with Crippen LogP contribution in [0.1, 0.15) is 27.2 Å². The Kier molecular flexibility index (Phi) is 8.57. The number of esters is 1. The molecule has 0 aliphatic carbocycles. The fourth-order valence-corrected chi connectivity index (χ4v) is 1.62. The predicted octanol–water partition coefficient (Wildman–Crippen LogP) is 1.26. The second-order valence-corrected chi connectivity index (χ2v) is 4.35. The highest BCUT2D eigenvalue weighted by molar-refractivity contribution is 7.84. The highest BCUT2D eigenvalue weighted by Gasteiger charge is 2.03. The fraction of sp³-hybridized carbons (Fsp3) is 0.545. The summed E-state index contributed by atoms with van der Waals surface area (Å²) >= 11 is 4.37. The Labute approximate surface area is 108 Å². The Morgan fingerprint density at radius 3 is 2.59 bits per heavy atom. The molecule has 5 nitrogen and oxygen atoms in total. The lowest BCUT2D eigenvalue weighted by molar-refractivity contribution is -0.137. The molecule has 0 aromatic rings. The summed E-state index contributed by atoms with van der Waals surface area (Å²) in [6.07, 6.45) is 3.71. The van der Waals surface area contributed by atoms with Crippen LogP contribution in [0.25, 0.3) is 0 Å². The summed E-state index contributed by atoms with van der Waals surface area (Å²) in [5.74, 6) is 5.26. The minimum Gasteiger partial charge on any atom is -0.463 e. The molecule has 0 saturated heterocycles. The lowest BCUT2D eigenvalue weighted by Gasteiger charge is -2.11. The average Bonchev–Trinajstić information content (AvgIpc) is 2.23. The van der Waals surface area contributed by atoms with Crippen molar-refractivity contribution < 1.29 is 9.53 Å². The maximum atomic E-state index is 11.2. The minimum atomic E-state index is -0.394. The van der Waals surface area contributed by atoms with E-state index in [1.807, 2.05) is 0 Å². The highest BCUT2D eigenvalue weighted by Crippen LogP contribution is 2.17. The lowest BCUT2D eigenvalue weighted by atomic mass is 10.1. The van der Waals surface area contributed by atoms with Gasteiger partial charge in [0.15, 0.2) is 0 Å². The minimum absolute atomic E-state index is 0.352. The van der Waals surface area contributed by atoms with Gasteiger partial charge in [-0.05, 0) is 25.3 Å². The molecule has 0 aromatic carbocycles. The number of allylic oxidation sites excluding steroid dienone is 2. The van der Waals surface area contributed by atoms with Crippen LogP contribution in [0.4, 0.5) is 0 Å². The monoisotopic (exact) mass is 259 g/mol. The first-order chi connectivity index (χ1) is 8.01. The third-order valence-electron chi connectivity index (χ3n) is 1.79. The Bertz CT molecular complexity index is 301. The van der Waals surface area contributed by atoms with Gasteiger partial charge in [-0.15, -0.1) is 12.6 Å². The van der Waals surface area contributed by atoms with Crippen molar-refractivity contribution in [1.82, 2.24) is 11.0 Å². The second-order valence-electron chi connectivity index (χ2n) is 3.81. The number of nitrogens with one attached hydrogen (secondary N) is 2. The second kappa shape index (κ2) is 9.09. The third kappa shape index (κ3) is 7.84. The zero-order valence-corrected chi connectivity index (χ0v) is 11.4. The molecule has 6 heteroatoms. The molecule has 0 rings (SSSR count). The number of rotatable bonds is 7. The van der Waals surface area contributed by atoms with Crippen LogP contribution in [0.2, 0.25) is 0 Å². The lowest BCUT2D eigenvalue weighted by Crippen LogP contribution is -2.37. The molecule has 0 aliphatic heterocycles. The van der Waals surface area contributed by atoms with Crippen LogP contribution in [-0.2, 0) is 9.53 Å². The molecule has 98 valence electrons. The van der Waals surface area contributed by atoms with Crippen LogP contribution >= 0.6 is 12.6 Å². The zero-order chi connectivity index (χ0) is 13.3. The van der Waals surface area contributed by atoms with Crippen molar-refractivity contribution in [3.8, 4) is 0 Å². The van der Waals surface area contributed by atoms with Crippen LogP contribution in [-0.4, -0.2) is 12.6 Å². The normalized spacial score (nSPS) is 12.8. The summed E-state index contributed by atoms with van der Waals surface area (Å²) in [6, 6.07) is 0. The molecule has 0 aromatic heterocycles. The molecular formula is C11H21N3O2S. The maximum absolute atomic E-state index is 11.2. The van der Waals surface area contributed by atoms with Gasteiger partial charge in [0.2, 0.25) is 0 Å². The number of hydrazine groups is 2. The average molecular weight is 259 g/mol. The fourth-order valence-electron chi connectivity index (χ4n) is 1.13. The molecule has 0 heterocycles. The van der Waals surface area contributed by atoms with Gasteiger partial charge in [0.05, 0.1) is 12.3 Å². The highest BCUT2D eigenvalue weighted by atomic mass is 32.1. The molecule has 0 radical (unpaired) electrons. The number of carbonyl (C=O) groups excluding carboxylic acids is 1. The van der Waals surface area contributed by atoms with Crippen molar-refractivity contribution in [2.24, 2.45) is 11.8 Å². The van der Waals surface area contributed by atoms with Gasteiger partial charge < -0.3 is 10.2 Å². The quantitative estimate of drug-likeness (QED) is 0.138. The van der Waals surface area contributed by atoms with E-state index in [1.165, 1.54) is 6.08 Å². The van der Waals surface area contributed by atoms with Crippen molar-refractivity contribution in [2.45, 2.75) is 27.2 Å². The molecule has 0 aliphatic rings. The Balaban J connectivity index is 4.67. The topological polar surface area (TPSA) is 76.4 Å². The number of nitrogens with two attached hydrogens (primary N) is 1. The van der Waals surface area contributed by atoms with Gasteiger partial charge in [0.25, 0.3) is 0 Å². The molecule has 0 bridgehead atoms. The number of hydrogen-bond acceptors (Lipinski definition) is 6. The zero-order valence-electron chi connectivity index (χ0n) is 10.5. The number of hydrogen-bond donors (Lipinski definition) is 4. The number of thiol groups is 1. The van der Waals surface area contributed by atoms with E-state index in [0.717, 1.165) is 11.3 Å². The van der Waals surface area contributed by atoms with Crippen molar-refractivity contribution in [1.29, 1.82) is 0 Å². The van der Waals surface area contributed by atoms with Gasteiger partial charge in [-0.3, -0.25) is 5.84 Å². The summed E-state index contributed by atoms with van der Waals surface area (Å²) < 4.78 is 4.78. The number of carbonyl (C=O) groups is 1. The summed E-state index contributed by atoms with van der Waals surface area (Å²) in [7, 11) is 0. The standard InChI is InChI=1S/C11H21N3O2S/c1-4-16-11(15)6-5-9(13-14-12)10(17)7-8(2)3/h5-6,8,13-14,17H,4,7,12H2,1-3H3/b6-5+,10-9-. The van der Waals surface area contributed by atoms with E-state index in [2.05, 4.69) is 37.4 Å². The van der Waals surface area contributed by atoms with Crippen LogP contribution in [0.3, 0.4) is 0 Å². The molecule has 0 atom stereocenters. The first-order valence-corrected chi connectivity index (χ1v) is 5.94. The SMILES string of the molecule is CCOC(=O)/C=C/C(NNN)=C(/S)CC(C)C. The Morgan fingerprint density at radius 2 is 2.12 bits per heavy atom. The van der Waals surface area contributed by atoms with E-state index in [9.17, 15) is 4.79 Å². The first kappa shape index (κ1) is 16.0. The number of ether oxygens (including phenoxy) is 1. The summed E-state index contributed by atoms with van der Waals surface area (Å²) in [5, 5.41) is 0. The first-order valence-electron chi connectivity index (χ1n) is 5.49. The van der Waals surface area contributed by atoms with Crippen molar-refractivity contribution in [2.75, 3.05) is 6.61 Å². The predicted molar refractivity (Wildman–Crippen MR) is 71.7 cm³/mol. The summed E-state index contributed by atoms with van der Waals surface area (Å²) in [5.41, 5.74) is 5.69. The van der Waals surface area contributed by atoms with E-state index < -0.39 is 5.97 Å². The summed E-state index contributed by atoms with van der Waals surface area (Å²) in [4.78, 5) is 12.0. The van der Waals surface area contributed by atoms with Crippen molar-refractivity contribution in [3.63, 3.8) is 0 Å². The molecule has 0 spiro atoms. The molecule has 4 N–H and O–H groups in total. The molecule has 0 amide bonds. The van der Waals surface area contributed by atoms with Gasteiger partial charge in [0, 0.05) is 11.0 Å². The van der Waals surface area contributed by atoms with Crippen LogP contribution in [0.15, 0.2) is 22.8 Å². The van der Waals surface area contributed by atoms with Crippen LogP contribution in [0.5, 0.6) is 0 Å². The van der Waals surface area contributed by atoms with E-state index in [1.54, 1.807) is 13.0 Å². The Hall–Kier alpha value is -0.980. The van der Waals surface area contributed by atoms with Crippen molar-refractivity contribution >= 4 is 18.6 Å². The van der Waals surface area contributed by atoms with Crippen LogP contribution in [0, 0.1) is 5.92 Å². The van der Waals surface area contributed by atoms with Gasteiger partial charge in [-0.2, -0.15) is 5.53 Å². The molecule has 0 unspecified atom stereocenters. The van der Waals surface area contributed by atoms with E-state index in [0.29, 0.717) is 18.2 Å². The Morgan fingerprint density at radius 1 is 1.47 bits per heavy atom. The smallest absolute Gasteiger partial charge is 0.330 e. The molecule has 0 fully saturated rings. The molecule has 17 heavy (non-hydrogen) atoms.